The van der Waals surface area contributed by atoms with Crippen LogP contribution >= 0.6 is 0 Å². The van der Waals surface area contributed by atoms with E-state index in [1.165, 1.54) is 0 Å². The molecule has 1 fully saturated rings. The number of urea groups is 1. The molecule has 2 heterocycles. The Morgan fingerprint density at radius 3 is 2.83 bits per heavy atom. The van der Waals surface area contributed by atoms with Gasteiger partial charge >= 0.3 is 6.03 Å². The molecule has 1 aromatic rings. The van der Waals surface area contributed by atoms with Crippen molar-refractivity contribution in [2.45, 2.75) is 52.5 Å². The van der Waals surface area contributed by atoms with Gasteiger partial charge in [-0.05, 0) is 25.2 Å². The molecule has 7 nitrogen and oxygen atoms in total. The number of aromatic nitrogens is 2. The van der Waals surface area contributed by atoms with Gasteiger partial charge in [0.2, 0.25) is 5.91 Å². The van der Waals surface area contributed by atoms with Crippen LogP contribution in [0.5, 0.6) is 0 Å². The third-order valence-electron chi connectivity index (χ3n) is 4.33. The van der Waals surface area contributed by atoms with Crippen molar-refractivity contribution >= 4 is 17.8 Å². The highest BCUT2D eigenvalue weighted by Crippen LogP contribution is 2.14. The van der Waals surface area contributed by atoms with Crippen LogP contribution in [0.15, 0.2) is 6.07 Å². The van der Waals surface area contributed by atoms with Crippen molar-refractivity contribution in [3.63, 3.8) is 0 Å². The van der Waals surface area contributed by atoms with Gasteiger partial charge in [-0.3, -0.25) is 14.8 Å². The summed E-state index contributed by atoms with van der Waals surface area (Å²) in [5.41, 5.74) is 0.988. The lowest BCUT2D eigenvalue weighted by Gasteiger charge is -2.16. The number of hydrogen-bond donors (Lipinski definition) is 2. The monoisotopic (exact) mass is 335 g/mol. The number of carbonyl (C=O) groups is 2. The van der Waals surface area contributed by atoms with Crippen molar-refractivity contribution < 1.29 is 9.59 Å². The van der Waals surface area contributed by atoms with Crippen molar-refractivity contribution in [1.82, 2.24) is 20.0 Å². The second-order valence-corrected chi connectivity index (χ2v) is 6.85. The first-order valence-corrected chi connectivity index (χ1v) is 8.77. The highest BCUT2D eigenvalue weighted by molar-refractivity contribution is 5.88. The summed E-state index contributed by atoms with van der Waals surface area (Å²) in [6.07, 6.45) is 3.29. The number of anilines is 1. The number of rotatable bonds is 6. The lowest BCUT2D eigenvalue weighted by atomic mass is 10.1. The molecule has 1 aliphatic heterocycles. The van der Waals surface area contributed by atoms with E-state index in [0.29, 0.717) is 31.2 Å². The summed E-state index contributed by atoms with van der Waals surface area (Å²) in [5, 5.41) is 10.2. The Bertz CT molecular complexity index is 582. The van der Waals surface area contributed by atoms with Crippen LogP contribution in [0.1, 0.15) is 45.7 Å². The highest BCUT2D eigenvalue weighted by Gasteiger charge is 2.26. The summed E-state index contributed by atoms with van der Waals surface area (Å²) in [7, 11) is 1.83. The largest absolute Gasteiger partial charge is 0.341 e. The minimum Gasteiger partial charge on any atom is -0.341 e. The Hall–Kier alpha value is -2.05. The van der Waals surface area contributed by atoms with E-state index in [1.54, 1.807) is 9.58 Å². The van der Waals surface area contributed by atoms with Crippen molar-refractivity contribution in [2.75, 3.05) is 18.4 Å². The maximum Gasteiger partial charge on any atom is 0.320 e. The van der Waals surface area contributed by atoms with E-state index in [2.05, 4.69) is 29.6 Å². The zero-order valence-corrected chi connectivity index (χ0v) is 15.1. The van der Waals surface area contributed by atoms with Crippen molar-refractivity contribution in [2.24, 2.45) is 13.0 Å². The Morgan fingerprint density at radius 1 is 1.42 bits per heavy atom. The summed E-state index contributed by atoms with van der Waals surface area (Å²) in [6, 6.07) is 1.68. The molecule has 134 valence electrons. The molecule has 1 aromatic heterocycles. The van der Waals surface area contributed by atoms with Crippen LogP contribution in [0.2, 0.25) is 0 Å². The van der Waals surface area contributed by atoms with Gasteiger partial charge in [0.15, 0.2) is 0 Å². The van der Waals surface area contributed by atoms with Gasteiger partial charge in [0.1, 0.15) is 5.82 Å². The normalized spacial score (nSPS) is 17.4. The predicted molar refractivity (Wildman–Crippen MR) is 93.8 cm³/mol. The van der Waals surface area contributed by atoms with Crippen LogP contribution in [-0.4, -0.2) is 45.8 Å². The van der Waals surface area contributed by atoms with Gasteiger partial charge in [-0.25, -0.2) is 4.79 Å². The number of nitrogens with one attached hydrogen (secondary N) is 2. The third-order valence-corrected chi connectivity index (χ3v) is 4.33. The van der Waals surface area contributed by atoms with Crippen LogP contribution in [0.25, 0.3) is 0 Å². The second-order valence-electron chi connectivity index (χ2n) is 6.85. The van der Waals surface area contributed by atoms with Crippen molar-refractivity contribution in [3.05, 3.63) is 11.8 Å². The summed E-state index contributed by atoms with van der Waals surface area (Å²) in [5.74, 6) is 1.45. The van der Waals surface area contributed by atoms with Gasteiger partial charge in [-0.2, -0.15) is 5.10 Å². The Morgan fingerprint density at radius 2 is 2.17 bits per heavy atom. The predicted octanol–water partition coefficient (Wildman–Crippen LogP) is 2.14. The van der Waals surface area contributed by atoms with E-state index in [1.807, 2.05) is 20.0 Å². The lowest BCUT2D eigenvalue weighted by molar-refractivity contribution is -0.129. The molecule has 2 rings (SSSR count). The van der Waals surface area contributed by atoms with Crippen molar-refractivity contribution in [1.29, 1.82) is 0 Å². The van der Waals surface area contributed by atoms with Crippen LogP contribution < -0.4 is 10.6 Å². The molecule has 0 radical (unpaired) electrons. The number of nitrogens with zero attached hydrogens (tertiary/aromatic N) is 3. The number of aryl methyl sites for hydroxylation is 2. The summed E-state index contributed by atoms with van der Waals surface area (Å²) >= 11 is 0. The average Bonchev–Trinajstić information content (AvgIpc) is 3.12. The van der Waals surface area contributed by atoms with E-state index in [9.17, 15) is 9.59 Å². The molecule has 7 heteroatoms. The maximum absolute atomic E-state index is 12.2. The zero-order chi connectivity index (χ0) is 17.7. The fourth-order valence-corrected chi connectivity index (χ4v) is 2.87. The smallest absolute Gasteiger partial charge is 0.320 e. The van der Waals surface area contributed by atoms with E-state index in [0.717, 1.165) is 25.0 Å². The summed E-state index contributed by atoms with van der Waals surface area (Å²) in [4.78, 5) is 25.7. The standard InChI is InChI=1S/C17H29N5O2/c1-5-16(23)22-9-8-14(11-22)18-17(24)19-15-10-13(20-21(15)4)7-6-12(2)3/h10,12,14H,5-9,11H2,1-4H3,(H2,18,19,24). The first-order chi connectivity index (χ1) is 11.4. The molecule has 0 spiro atoms. The Kier molecular flexibility index (Phi) is 6.23. The molecule has 24 heavy (non-hydrogen) atoms. The fraction of sp³-hybridized carbons (Fsp3) is 0.706. The lowest BCUT2D eigenvalue weighted by Crippen LogP contribution is -2.40. The molecule has 3 amide bonds. The molecule has 0 aromatic carbocycles. The van der Waals surface area contributed by atoms with E-state index >= 15 is 0 Å². The summed E-state index contributed by atoms with van der Waals surface area (Å²) < 4.78 is 1.69. The Labute approximate surface area is 143 Å². The number of hydrogen-bond acceptors (Lipinski definition) is 3. The first-order valence-electron chi connectivity index (χ1n) is 8.77. The fourth-order valence-electron chi connectivity index (χ4n) is 2.87. The van der Waals surface area contributed by atoms with Gasteiger partial charge < -0.3 is 10.2 Å². The second kappa shape index (κ2) is 8.17. The molecule has 1 atom stereocenters. The number of likely N-dealkylation sites (tertiary alicyclic amines) is 1. The van der Waals surface area contributed by atoms with E-state index in [4.69, 9.17) is 0 Å². The minimum atomic E-state index is -0.246. The van der Waals surface area contributed by atoms with E-state index in [-0.39, 0.29) is 18.0 Å². The number of carbonyl (C=O) groups excluding carboxylic acids is 2. The van der Waals surface area contributed by atoms with Gasteiger partial charge in [-0.15, -0.1) is 0 Å². The molecular formula is C17H29N5O2. The van der Waals surface area contributed by atoms with Crippen LogP contribution in [0.4, 0.5) is 10.6 Å². The van der Waals surface area contributed by atoms with Crippen molar-refractivity contribution in [3.8, 4) is 0 Å². The average molecular weight is 335 g/mol. The third kappa shape index (κ3) is 4.97. The topological polar surface area (TPSA) is 79.3 Å². The van der Waals surface area contributed by atoms with E-state index < -0.39 is 0 Å². The first kappa shape index (κ1) is 18.3. The molecule has 0 saturated carbocycles. The van der Waals surface area contributed by atoms with Gasteiger partial charge in [0.05, 0.1) is 5.69 Å². The molecule has 1 unspecified atom stereocenters. The molecule has 1 aliphatic rings. The minimum absolute atomic E-state index is 0.00846. The Balaban J connectivity index is 1.83. The maximum atomic E-state index is 12.2. The van der Waals surface area contributed by atoms with Gasteiger partial charge in [0, 0.05) is 38.7 Å². The highest BCUT2D eigenvalue weighted by atomic mass is 16.2. The molecule has 0 bridgehead atoms. The SMILES string of the molecule is CCC(=O)N1CCC(NC(=O)Nc2cc(CCC(C)C)nn2C)C1. The van der Waals surface area contributed by atoms with Gasteiger partial charge in [-0.1, -0.05) is 20.8 Å². The summed E-state index contributed by atoms with van der Waals surface area (Å²) in [6.45, 7) is 7.52. The molecule has 0 aliphatic carbocycles. The molecule has 1 saturated heterocycles. The van der Waals surface area contributed by atoms with Crippen LogP contribution in [0, 0.1) is 5.92 Å². The van der Waals surface area contributed by atoms with Crippen LogP contribution in [-0.2, 0) is 18.3 Å². The number of amides is 3. The molecule has 2 N–H and O–H groups in total. The molecular weight excluding hydrogens is 306 g/mol. The quantitative estimate of drug-likeness (QED) is 0.836. The van der Waals surface area contributed by atoms with Crippen LogP contribution in [0.3, 0.4) is 0 Å². The van der Waals surface area contributed by atoms with Gasteiger partial charge in [0.25, 0.3) is 0 Å². The zero-order valence-electron chi connectivity index (χ0n) is 15.1.